The van der Waals surface area contributed by atoms with Crippen LogP contribution in [0.15, 0.2) is 18.2 Å². The molecule has 3 N–H and O–H groups in total. The van der Waals surface area contributed by atoms with Crippen LogP contribution < -0.4 is 16.0 Å². The number of anilines is 1. The van der Waals surface area contributed by atoms with Crippen molar-refractivity contribution in [3.05, 3.63) is 29.3 Å². The minimum Gasteiger partial charge on any atom is -0.385 e. The lowest BCUT2D eigenvalue weighted by Crippen LogP contribution is -2.43. The molecular weight excluding hydrogens is 262 g/mol. The standard InChI is InChI=1S/C17H27N3O/c1-12(2)13(3)20-17(21)19-10-8-14-6-7-16-15(11-14)5-4-9-18-16/h6-7,11-13,18H,4-5,8-10H2,1-3H3,(H2,19,20,21). The summed E-state index contributed by atoms with van der Waals surface area (Å²) in [4.78, 5) is 11.7. The van der Waals surface area contributed by atoms with Gasteiger partial charge in [-0.15, -0.1) is 0 Å². The molecule has 1 aromatic rings. The Morgan fingerprint density at radius 3 is 2.90 bits per heavy atom. The van der Waals surface area contributed by atoms with Gasteiger partial charge in [-0.05, 0) is 49.3 Å². The average molecular weight is 289 g/mol. The first-order chi connectivity index (χ1) is 10.1. The van der Waals surface area contributed by atoms with Crippen molar-refractivity contribution >= 4 is 11.7 Å². The molecule has 21 heavy (non-hydrogen) atoms. The fourth-order valence-corrected chi connectivity index (χ4v) is 2.43. The van der Waals surface area contributed by atoms with E-state index in [1.807, 2.05) is 6.92 Å². The van der Waals surface area contributed by atoms with Crippen LogP contribution in [-0.2, 0) is 12.8 Å². The minimum absolute atomic E-state index is 0.0733. The Bertz CT molecular complexity index is 485. The molecule has 0 saturated carbocycles. The number of benzene rings is 1. The lowest BCUT2D eigenvalue weighted by atomic mass is 9.99. The van der Waals surface area contributed by atoms with Gasteiger partial charge in [-0.3, -0.25) is 0 Å². The van der Waals surface area contributed by atoms with Crippen LogP contribution in [0.2, 0.25) is 0 Å². The van der Waals surface area contributed by atoms with Gasteiger partial charge in [0, 0.05) is 24.8 Å². The zero-order valence-corrected chi connectivity index (χ0v) is 13.3. The molecular formula is C17H27N3O. The van der Waals surface area contributed by atoms with E-state index in [-0.39, 0.29) is 12.1 Å². The van der Waals surface area contributed by atoms with Crippen molar-refractivity contribution in [2.24, 2.45) is 5.92 Å². The van der Waals surface area contributed by atoms with E-state index in [2.05, 4.69) is 48.0 Å². The number of amides is 2. The first-order valence-electron chi connectivity index (χ1n) is 7.96. The Balaban J connectivity index is 1.77. The van der Waals surface area contributed by atoms with Crippen molar-refractivity contribution in [1.29, 1.82) is 0 Å². The number of hydrogen-bond acceptors (Lipinski definition) is 2. The second-order valence-electron chi connectivity index (χ2n) is 6.20. The normalized spacial score (nSPS) is 15.0. The zero-order valence-electron chi connectivity index (χ0n) is 13.3. The Labute approximate surface area is 127 Å². The topological polar surface area (TPSA) is 53.2 Å². The summed E-state index contributed by atoms with van der Waals surface area (Å²) >= 11 is 0. The third-order valence-corrected chi connectivity index (χ3v) is 4.17. The Hall–Kier alpha value is -1.71. The van der Waals surface area contributed by atoms with Crippen LogP contribution in [0.25, 0.3) is 0 Å². The van der Waals surface area contributed by atoms with Crippen LogP contribution in [0.5, 0.6) is 0 Å². The molecule has 1 unspecified atom stereocenters. The first kappa shape index (κ1) is 15.7. The molecule has 4 heteroatoms. The van der Waals surface area contributed by atoms with E-state index < -0.39 is 0 Å². The summed E-state index contributed by atoms with van der Waals surface area (Å²) in [6.45, 7) is 7.98. The van der Waals surface area contributed by atoms with Crippen molar-refractivity contribution in [2.45, 2.75) is 46.1 Å². The second-order valence-corrected chi connectivity index (χ2v) is 6.20. The molecule has 1 aliphatic heterocycles. The van der Waals surface area contributed by atoms with E-state index in [0.29, 0.717) is 12.5 Å². The highest BCUT2D eigenvalue weighted by atomic mass is 16.2. The van der Waals surface area contributed by atoms with E-state index in [4.69, 9.17) is 0 Å². The van der Waals surface area contributed by atoms with E-state index in [9.17, 15) is 4.79 Å². The van der Waals surface area contributed by atoms with Gasteiger partial charge < -0.3 is 16.0 Å². The molecule has 1 heterocycles. The van der Waals surface area contributed by atoms with Crippen molar-refractivity contribution in [3.63, 3.8) is 0 Å². The highest BCUT2D eigenvalue weighted by Gasteiger charge is 2.11. The molecule has 116 valence electrons. The maximum Gasteiger partial charge on any atom is 0.315 e. The number of urea groups is 1. The molecule has 1 atom stereocenters. The van der Waals surface area contributed by atoms with Crippen LogP contribution >= 0.6 is 0 Å². The third-order valence-electron chi connectivity index (χ3n) is 4.17. The average Bonchev–Trinajstić information content (AvgIpc) is 2.47. The predicted octanol–water partition coefficient (Wildman–Crippen LogP) is 2.93. The summed E-state index contributed by atoms with van der Waals surface area (Å²) in [5, 5.41) is 9.30. The Morgan fingerprint density at radius 1 is 1.33 bits per heavy atom. The Kier molecular flexibility index (Phi) is 5.48. The smallest absolute Gasteiger partial charge is 0.315 e. The number of carbonyl (C=O) groups is 1. The highest BCUT2D eigenvalue weighted by Crippen LogP contribution is 2.22. The van der Waals surface area contributed by atoms with Crippen molar-refractivity contribution in [2.75, 3.05) is 18.4 Å². The highest BCUT2D eigenvalue weighted by molar-refractivity contribution is 5.74. The van der Waals surface area contributed by atoms with Gasteiger partial charge in [-0.25, -0.2) is 4.79 Å². The lowest BCUT2D eigenvalue weighted by Gasteiger charge is -2.19. The van der Waals surface area contributed by atoms with Crippen LogP contribution in [0, 0.1) is 5.92 Å². The number of nitrogens with one attached hydrogen (secondary N) is 3. The minimum atomic E-state index is -0.0733. The van der Waals surface area contributed by atoms with Gasteiger partial charge in [-0.2, -0.15) is 0 Å². The zero-order chi connectivity index (χ0) is 15.2. The fourth-order valence-electron chi connectivity index (χ4n) is 2.43. The van der Waals surface area contributed by atoms with Gasteiger partial charge in [0.1, 0.15) is 0 Å². The van der Waals surface area contributed by atoms with Gasteiger partial charge in [0.05, 0.1) is 0 Å². The largest absolute Gasteiger partial charge is 0.385 e. The van der Waals surface area contributed by atoms with Crippen LogP contribution in [-0.4, -0.2) is 25.2 Å². The predicted molar refractivity (Wildman–Crippen MR) is 87.8 cm³/mol. The molecule has 0 aliphatic carbocycles. The van der Waals surface area contributed by atoms with Gasteiger partial charge in [-0.1, -0.05) is 26.0 Å². The molecule has 0 spiro atoms. The van der Waals surface area contributed by atoms with Gasteiger partial charge >= 0.3 is 6.03 Å². The molecule has 0 radical (unpaired) electrons. The van der Waals surface area contributed by atoms with Crippen LogP contribution in [0.4, 0.5) is 10.5 Å². The number of fused-ring (bicyclic) bond motifs is 1. The van der Waals surface area contributed by atoms with E-state index in [1.165, 1.54) is 23.2 Å². The quantitative estimate of drug-likeness (QED) is 0.780. The molecule has 2 amide bonds. The molecule has 2 rings (SSSR count). The molecule has 0 bridgehead atoms. The summed E-state index contributed by atoms with van der Waals surface area (Å²) < 4.78 is 0. The van der Waals surface area contributed by atoms with Gasteiger partial charge in [0.2, 0.25) is 0 Å². The third kappa shape index (κ3) is 4.66. The van der Waals surface area contributed by atoms with Crippen LogP contribution in [0.3, 0.4) is 0 Å². The van der Waals surface area contributed by atoms with E-state index >= 15 is 0 Å². The number of rotatable bonds is 5. The maximum atomic E-state index is 11.7. The summed E-state index contributed by atoms with van der Waals surface area (Å²) in [7, 11) is 0. The summed E-state index contributed by atoms with van der Waals surface area (Å²) in [6, 6.07) is 6.69. The van der Waals surface area contributed by atoms with E-state index in [1.54, 1.807) is 0 Å². The summed E-state index contributed by atoms with van der Waals surface area (Å²) in [6.07, 6.45) is 3.22. The van der Waals surface area contributed by atoms with E-state index in [0.717, 1.165) is 19.4 Å². The number of aryl methyl sites for hydroxylation is 1. The first-order valence-corrected chi connectivity index (χ1v) is 7.96. The van der Waals surface area contributed by atoms with Gasteiger partial charge in [0.25, 0.3) is 0 Å². The van der Waals surface area contributed by atoms with Crippen LogP contribution in [0.1, 0.15) is 38.3 Å². The second kappa shape index (κ2) is 7.34. The summed E-state index contributed by atoms with van der Waals surface area (Å²) in [5.41, 5.74) is 3.95. The van der Waals surface area contributed by atoms with Crippen molar-refractivity contribution in [3.8, 4) is 0 Å². The SMILES string of the molecule is CC(C)C(C)NC(=O)NCCc1ccc2c(c1)CCCN2. The van der Waals surface area contributed by atoms with Crippen molar-refractivity contribution in [1.82, 2.24) is 10.6 Å². The van der Waals surface area contributed by atoms with Gasteiger partial charge in [0.15, 0.2) is 0 Å². The molecule has 1 aliphatic rings. The molecule has 0 aromatic heterocycles. The number of hydrogen-bond donors (Lipinski definition) is 3. The summed E-state index contributed by atoms with van der Waals surface area (Å²) in [5.74, 6) is 0.448. The fraction of sp³-hybridized carbons (Fsp3) is 0.588. The molecule has 1 aromatic carbocycles. The number of carbonyl (C=O) groups excluding carboxylic acids is 1. The molecule has 0 saturated heterocycles. The maximum absolute atomic E-state index is 11.7. The van der Waals surface area contributed by atoms with Crippen molar-refractivity contribution < 1.29 is 4.79 Å². The lowest BCUT2D eigenvalue weighted by molar-refractivity contribution is 0.234. The Morgan fingerprint density at radius 2 is 2.14 bits per heavy atom. The molecule has 0 fully saturated rings. The molecule has 4 nitrogen and oxygen atoms in total. The monoisotopic (exact) mass is 289 g/mol.